The molecule has 0 saturated heterocycles. The van der Waals surface area contributed by atoms with Gasteiger partial charge in [-0.25, -0.2) is 0 Å². The van der Waals surface area contributed by atoms with Crippen LogP contribution >= 0.6 is 0 Å². The van der Waals surface area contributed by atoms with Gasteiger partial charge in [-0.05, 0) is 54.8 Å². The Hall–Kier alpha value is -2.86. The number of fused-ring (bicyclic) bond motifs is 1. The largest absolute Gasteiger partial charge is 0.382 e. The molecule has 1 amide bonds. The zero-order valence-electron chi connectivity index (χ0n) is 17.5. The molecule has 0 aromatic heterocycles. The minimum atomic E-state index is -3.56. The zero-order valence-corrected chi connectivity index (χ0v) is 18.4. The van der Waals surface area contributed by atoms with Gasteiger partial charge in [-0.3, -0.25) is 4.79 Å². The highest BCUT2D eigenvalue weighted by molar-refractivity contribution is 7.87. The van der Waals surface area contributed by atoms with Gasteiger partial charge in [-0.15, -0.1) is 0 Å². The number of rotatable bonds is 8. The number of nitrogens with zero attached hydrogens (tertiary/aromatic N) is 1. The summed E-state index contributed by atoms with van der Waals surface area (Å²) in [6.07, 6.45) is 0.826. The van der Waals surface area contributed by atoms with Crippen molar-refractivity contribution in [1.29, 1.82) is 0 Å². The molecule has 158 valence electrons. The highest BCUT2D eigenvalue weighted by atomic mass is 32.2. The Labute approximate surface area is 178 Å². The van der Waals surface area contributed by atoms with Gasteiger partial charge in [0.05, 0.1) is 5.75 Å². The summed E-state index contributed by atoms with van der Waals surface area (Å²) in [4.78, 5) is 15.3. The molecule has 0 aliphatic carbocycles. The predicted molar refractivity (Wildman–Crippen MR) is 120 cm³/mol. The second kappa shape index (κ2) is 9.30. The third-order valence-electron chi connectivity index (χ3n) is 5.26. The fourth-order valence-corrected chi connectivity index (χ4v) is 3.79. The Balaban J connectivity index is 1.87. The molecular formula is C24H27NO4S. The van der Waals surface area contributed by atoms with Gasteiger partial charge >= 0.3 is 10.1 Å². The molecule has 0 N–H and O–H groups in total. The summed E-state index contributed by atoms with van der Waals surface area (Å²) in [5.41, 5.74) is 1.59. The van der Waals surface area contributed by atoms with E-state index in [4.69, 9.17) is 4.18 Å². The first kappa shape index (κ1) is 21.8. The van der Waals surface area contributed by atoms with Crippen LogP contribution in [0.2, 0.25) is 0 Å². The Morgan fingerprint density at radius 1 is 0.967 bits per heavy atom. The van der Waals surface area contributed by atoms with Crippen LogP contribution in [0.25, 0.3) is 10.8 Å². The van der Waals surface area contributed by atoms with Crippen LogP contribution in [-0.2, 0) is 16.7 Å². The van der Waals surface area contributed by atoms with Crippen LogP contribution in [0.4, 0.5) is 0 Å². The molecule has 0 fully saturated rings. The lowest BCUT2D eigenvalue weighted by Gasteiger charge is -2.29. The maximum atomic E-state index is 13.5. The molecule has 0 heterocycles. The molecule has 6 heteroatoms. The maximum Gasteiger partial charge on any atom is 0.308 e. The smallest absolute Gasteiger partial charge is 0.308 e. The van der Waals surface area contributed by atoms with Crippen LogP contribution in [0.5, 0.6) is 5.75 Å². The highest BCUT2D eigenvalue weighted by Crippen LogP contribution is 2.23. The fourth-order valence-electron chi connectivity index (χ4n) is 3.27. The maximum absolute atomic E-state index is 13.5. The summed E-state index contributed by atoms with van der Waals surface area (Å²) in [7, 11) is -3.56. The van der Waals surface area contributed by atoms with Crippen molar-refractivity contribution in [3.8, 4) is 5.75 Å². The number of benzene rings is 3. The topological polar surface area (TPSA) is 63.7 Å². The Morgan fingerprint density at radius 3 is 2.30 bits per heavy atom. The number of hydrogen-bond donors (Lipinski definition) is 0. The van der Waals surface area contributed by atoms with E-state index in [1.165, 1.54) is 6.92 Å². The molecule has 3 aromatic carbocycles. The lowest BCUT2D eigenvalue weighted by atomic mass is 10.0. The number of carbonyl (C=O) groups is 1. The van der Waals surface area contributed by atoms with E-state index in [0.717, 1.165) is 22.8 Å². The normalized spacial score (nSPS) is 12.5. The van der Waals surface area contributed by atoms with Crippen LogP contribution in [0.15, 0.2) is 66.7 Å². The summed E-state index contributed by atoms with van der Waals surface area (Å²) >= 11 is 0. The van der Waals surface area contributed by atoms with Gasteiger partial charge in [0.2, 0.25) is 0 Å². The molecule has 5 nitrogen and oxygen atoms in total. The minimum absolute atomic E-state index is 0.0185. The molecule has 0 unspecified atom stereocenters. The van der Waals surface area contributed by atoms with Gasteiger partial charge in [-0.2, -0.15) is 8.42 Å². The van der Waals surface area contributed by atoms with Crippen LogP contribution in [0.3, 0.4) is 0 Å². The van der Waals surface area contributed by atoms with E-state index in [1.807, 2.05) is 54.3 Å². The molecule has 0 saturated carbocycles. The second-order valence-electron chi connectivity index (χ2n) is 7.29. The van der Waals surface area contributed by atoms with E-state index < -0.39 is 10.1 Å². The number of carbonyl (C=O) groups excluding carboxylic acids is 1. The van der Waals surface area contributed by atoms with Crippen molar-refractivity contribution in [3.05, 3.63) is 77.9 Å². The third-order valence-corrected chi connectivity index (χ3v) is 6.41. The van der Waals surface area contributed by atoms with Gasteiger partial charge in [0, 0.05) is 18.2 Å². The molecule has 1 atom stereocenters. The van der Waals surface area contributed by atoms with Crippen LogP contribution in [0, 0.1) is 0 Å². The molecule has 30 heavy (non-hydrogen) atoms. The first-order chi connectivity index (χ1) is 14.3. The van der Waals surface area contributed by atoms with Gasteiger partial charge in [0.1, 0.15) is 5.75 Å². The van der Waals surface area contributed by atoms with Gasteiger partial charge in [-0.1, -0.05) is 55.5 Å². The van der Waals surface area contributed by atoms with Crippen molar-refractivity contribution >= 4 is 26.8 Å². The lowest BCUT2D eigenvalue weighted by molar-refractivity contribution is 0.0673. The quantitative estimate of drug-likeness (QED) is 0.476. The van der Waals surface area contributed by atoms with E-state index in [0.29, 0.717) is 12.1 Å². The fraction of sp³-hybridized carbons (Fsp3) is 0.292. The molecule has 3 aromatic rings. The van der Waals surface area contributed by atoms with E-state index in [-0.39, 0.29) is 23.5 Å². The summed E-state index contributed by atoms with van der Waals surface area (Å²) in [5, 5.41) is 1.97. The predicted octanol–water partition coefficient (Wildman–Crippen LogP) is 5.01. The first-order valence-corrected chi connectivity index (χ1v) is 11.7. The Bertz CT molecular complexity index is 1120. The second-order valence-corrected chi connectivity index (χ2v) is 9.15. The third kappa shape index (κ3) is 5.00. The van der Waals surface area contributed by atoms with Crippen molar-refractivity contribution in [3.63, 3.8) is 0 Å². The highest BCUT2D eigenvalue weighted by Gasteiger charge is 2.22. The van der Waals surface area contributed by atoms with Crippen LogP contribution in [-0.4, -0.2) is 31.0 Å². The monoisotopic (exact) mass is 425 g/mol. The number of amides is 1. The average Bonchev–Trinajstić information content (AvgIpc) is 2.77. The summed E-state index contributed by atoms with van der Waals surface area (Å²) in [5.74, 6) is 0.168. The molecule has 3 rings (SSSR count). The Kier molecular flexibility index (Phi) is 6.77. The minimum Gasteiger partial charge on any atom is -0.382 e. The van der Waals surface area contributed by atoms with Crippen molar-refractivity contribution in [2.45, 2.75) is 39.8 Å². The van der Waals surface area contributed by atoms with E-state index in [9.17, 15) is 13.2 Å². The number of hydrogen-bond acceptors (Lipinski definition) is 4. The zero-order chi connectivity index (χ0) is 21.7. The van der Waals surface area contributed by atoms with E-state index in [1.54, 1.807) is 24.3 Å². The van der Waals surface area contributed by atoms with Gasteiger partial charge in [0.25, 0.3) is 5.91 Å². The van der Waals surface area contributed by atoms with Crippen molar-refractivity contribution in [2.75, 3.05) is 5.75 Å². The molecular weight excluding hydrogens is 398 g/mol. The summed E-state index contributed by atoms with van der Waals surface area (Å²) in [6.45, 7) is 6.05. The molecule has 0 aliphatic rings. The molecule has 0 bridgehead atoms. The Morgan fingerprint density at radius 2 is 1.63 bits per heavy atom. The van der Waals surface area contributed by atoms with Gasteiger partial charge < -0.3 is 9.08 Å². The average molecular weight is 426 g/mol. The SMILES string of the molecule is CC[C@@H](C)N(Cc1ccc(OS(=O)(=O)CC)cc1)C(=O)c1cccc2ccccc12. The summed E-state index contributed by atoms with van der Waals surface area (Å²) in [6, 6.07) is 20.5. The van der Waals surface area contributed by atoms with Crippen molar-refractivity contribution in [1.82, 2.24) is 4.90 Å². The molecule has 0 spiro atoms. The van der Waals surface area contributed by atoms with Crippen molar-refractivity contribution < 1.29 is 17.4 Å². The van der Waals surface area contributed by atoms with E-state index in [2.05, 4.69) is 6.92 Å². The van der Waals surface area contributed by atoms with E-state index >= 15 is 0 Å². The lowest BCUT2D eigenvalue weighted by Crippen LogP contribution is -2.37. The standard InChI is InChI=1S/C24H27NO4S/c1-4-18(3)25(17-19-13-15-21(16-14-19)29-30(27,28)5-2)24(26)23-12-8-10-20-9-6-7-11-22(20)23/h6-16,18H,4-5,17H2,1-3H3/t18-/m1/s1. The first-order valence-electron chi connectivity index (χ1n) is 10.1. The van der Waals surface area contributed by atoms with Crippen LogP contribution < -0.4 is 4.18 Å². The molecule has 0 aliphatic heterocycles. The van der Waals surface area contributed by atoms with Crippen molar-refractivity contribution in [2.24, 2.45) is 0 Å². The van der Waals surface area contributed by atoms with Gasteiger partial charge in [0.15, 0.2) is 0 Å². The summed E-state index contributed by atoms with van der Waals surface area (Å²) < 4.78 is 28.3. The van der Waals surface area contributed by atoms with Crippen LogP contribution in [0.1, 0.15) is 43.1 Å². The molecule has 0 radical (unpaired) electrons.